The van der Waals surface area contributed by atoms with Gasteiger partial charge in [-0.25, -0.2) is 9.37 Å². The number of anilines is 1. The molecule has 2 aromatic rings. The number of hydrogen-bond acceptors (Lipinski definition) is 5. The second-order valence-electron chi connectivity index (χ2n) is 9.68. The van der Waals surface area contributed by atoms with Crippen LogP contribution in [0.1, 0.15) is 68.7 Å². The van der Waals surface area contributed by atoms with Crippen LogP contribution < -0.4 is 10.6 Å². The summed E-state index contributed by atoms with van der Waals surface area (Å²) in [6.07, 6.45) is 1.76. The molecule has 1 saturated heterocycles. The van der Waals surface area contributed by atoms with Gasteiger partial charge in [-0.3, -0.25) is 9.59 Å². The van der Waals surface area contributed by atoms with Crippen LogP contribution in [0, 0.1) is 5.82 Å². The van der Waals surface area contributed by atoms with Crippen molar-refractivity contribution in [2.24, 2.45) is 0 Å². The lowest BCUT2D eigenvalue weighted by Gasteiger charge is -2.30. The lowest BCUT2D eigenvalue weighted by molar-refractivity contribution is -0.137. The molecule has 2 N–H and O–H groups in total. The molecular weight excluding hydrogens is 496 g/mol. The summed E-state index contributed by atoms with van der Waals surface area (Å²) in [4.78, 5) is 32.1. The first kappa shape index (κ1) is 26.5. The largest absolute Gasteiger partial charge is 0.416 e. The smallest absolute Gasteiger partial charge is 0.351 e. The molecule has 0 bridgehead atoms. The van der Waals surface area contributed by atoms with E-state index in [4.69, 9.17) is 0 Å². The molecule has 0 radical (unpaired) electrons. The number of carbonyl (C=O) groups excluding carboxylic acids is 2. The Balaban J connectivity index is 1.57. The molecule has 4 rings (SSSR count). The van der Waals surface area contributed by atoms with Crippen molar-refractivity contribution in [3.05, 3.63) is 46.2 Å². The SMILES string of the molecule is CC(=O)Nc1nc(C2(C(=O)NCc3cc(F)cc(C(F)(F)F)c3)CCC(N3CCCCCC3)C2)cs1. The Bertz CT molecular complexity index is 1100. The van der Waals surface area contributed by atoms with Crippen LogP contribution in [0.2, 0.25) is 0 Å². The highest BCUT2D eigenvalue weighted by Gasteiger charge is 2.49. The number of aromatic nitrogens is 1. The maximum atomic E-state index is 13.9. The van der Waals surface area contributed by atoms with Crippen molar-refractivity contribution in [2.45, 2.75) is 76.0 Å². The first-order chi connectivity index (χ1) is 17.1. The van der Waals surface area contributed by atoms with Gasteiger partial charge < -0.3 is 15.5 Å². The van der Waals surface area contributed by atoms with E-state index in [0.717, 1.165) is 44.5 Å². The van der Waals surface area contributed by atoms with Gasteiger partial charge in [0.2, 0.25) is 11.8 Å². The highest BCUT2D eigenvalue weighted by molar-refractivity contribution is 7.14. The number of halogens is 4. The van der Waals surface area contributed by atoms with E-state index in [-0.39, 0.29) is 30.0 Å². The summed E-state index contributed by atoms with van der Waals surface area (Å²) in [5, 5.41) is 7.56. The first-order valence-electron chi connectivity index (χ1n) is 12.2. The van der Waals surface area contributed by atoms with Crippen LogP contribution in [0.25, 0.3) is 0 Å². The molecule has 1 aliphatic carbocycles. The molecule has 2 fully saturated rings. The summed E-state index contributed by atoms with van der Waals surface area (Å²) in [7, 11) is 0. The number of likely N-dealkylation sites (tertiary alicyclic amines) is 1. The molecular formula is C25H30F4N4O2S. The number of nitrogens with one attached hydrogen (secondary N) is 2. The number of nitrogens with zero attached hydrogens (tertiary/aromatic N) is 2. The lowest BCUT2D eigenvalue weighted by atomic mass is 9.81. The van der Waals surface area contributed by atoms with E-state index in [9.17, 15) is 27.2 Å². The summed E-state index contributed by atoms with van der Waals surface area (Å²) in [5.74, 6) is -1.63. The van der Waals surface area contributed by atoms with Crippen LogP contribution in [0.15, 0.2) is 23.6 Å². The number of thiazole rings is 1. The van der Waals surface area contributed by atoms with E-state index in [1.165, 1.54) is 31.1 Å². The minimum atomic E-state index is -4.69. The maximum Gasteiger partial charge on any atom is 0.416 e. The van der Waals surface area contributed by atoms with Gasteiger partial charge >= 0.3 is 6.18 Å². The Morgan fingerprint density at radius 2 is 1.89 bits per heavy atom. The molecule has 2 atom stereocenters. The van der Waals surface area contributed by atoms with Crippen LogP contribution in [0.3, 0.4) is 0 Å². The Hall–Kier alpha value is -2.53. The minimum absolute atomic E-state index is 0.0325. The van der Waals surface area contributed by atoms with Crippen molar-refractivity contribution in [1.82, 2.24) is 15.2 Å². The third-order valence-electron chi connectivity index (χ3n) is 7.10. The summed E-state index contributed by atoms with van der Waals surface area (Å²) < 4.78 is 53.2. The Morgan fingerprint density at radius 3 is 2.56 bits per heavy atom. The predicted molar refractivity (Wildman–Crippen MR) is 129 cm³/mol. The van der Waals surface area contributed by atoms with Crippen molar-refractivity contribution in [2.75, 3.05) is 18.4 Å². The molecule has 1 saturated carbocycles. The predicted octanol–water partition coefficient (Wildman–Crippen LogP) is 5.24. The van der Waals surface area contributed by atoms with Crippen LogP contribution >= 0.6 is 11.3 Å². The molecule has 1 aromatic carbocycles. The van der Waals surface area contributed by atoms with Crippen LogP contribution in [-0.4, -0.2) is 40.8 Å². The molecule has 36 heavy (non-hydrogen) atoms. The fraction of sp³-hybridized carbons (Fsp3) is 0.560. The summed E-state index contributed by atoms with van der Waals surface area (Å²) in [5.41, 5.74) is -1.50. The van der Waals surface area contributed by atoms with Gasteiger partial charge in [-0.15, -0.1) is 11.3 Å². The quantitative estimate of drug-likeness (QED) is 0.505. The van der Waals surface area contributed by atoms with Crippen molar-refractivity contribution >= 4 is 28.3 Å². The normalized spacial score (nSPS) is 23.3. The molecule has 0 spiro atoms. The van der Waals surface area contributed by atoms with Gasteiger partial charge in [0.15, 0.2) is 5.13 Å². The van der Waals surface area contributed by atoms with E-state index in [1.54, 1.807) is 5.38 Å². The van der Waals surface area contributed by atoms with Crippen molar-refractivity contribution in [3.63, 3.8) is 0 Å². The zero-order valence-electron chi connectivity index (χ0n) is 20.1. The fourth-order valence-electron chi connectivity index (χ4n) is 5.32. The van der Waals surface area contributed by atoms with Gasteiger partial charge in [-0.05, 0) is 69.0 Å². The van der Waals surface area contributed by atoms with Crippen molar-refractivity contribution in [3.8, 4) is 0 Å². The zero-order chi connectivity index (χ0) is 25.9. The number of carbonyl (C=O) groups is 2. The molecule has 11 heteroatoms. The molecule has 2 heterocycles. The average Bonchev–Trinajstić information content (AvgIpc) is 3.37. The Morgan fingerprint density at radius 1 is 1.17 bits per heavy atom. The zero-order valence-corrected chi connectivity index (χ0v) is 20.9. The van der Waals surface area contributed by atoms with E-state index in [2.05, 4.69) is 20.5 Å². The second-order valence-corrected chi connectivity index (χ2v) is 10.5. The van der Waals surface area contributed by atoms with E-state index in [0.29, 0.717) is 29.7 Å². The molecule has 2 unspecified atom stereocenters. The number of alkyl halides is 3. The molecule has 2 amide bonds. The van der Waals surface area contributed by atoms with E-state index in [1.807, 2.05) is 0 Å². The first-order valence-corrected chi connectivity index (χ1v) is 13.1. The summed E-state index contributed by atoms with van der Waals surface area (Å²) >= 11 is 1.23. The molecule has 196 valence electrons. The topological polar surface area (TPSA) is 74.3 Å². The Kier molecular flexibility index (Phi) is 7.99. The third-order valence-corrected chi connectivity index (χ3v) is 7.85. The average molecular weight is 527 g/mol. The molecule has 1 aliphatic heterocycles. The van der Waals surface area contributed by atoms with E-state index >= 15 is 0 Å². The highest BCUT2D eigenvalue weighted by atomic mass is 32.1. The molecule has 6 nitrogen and oxygen atoms in total. The third kappa shape index (κ3) is 6.05. The fourth-order valence-corrected chi connectivity index (χ4v) is 6.17. The number of benzene rings is 1. The van der Waals surface area contributed by atoms with Crippen molar-refractivity contribution < 1.29 is 27.2 Å². The van der Waals surface area contributed by atoms with Crippen LogP contribution in [-0.2, 0) is 27.7 Å². The van der Waals surface area contributed by atoms with E-state index < -0.39 is 23.0 Å². The molecule has 1 aromatic heterocycles. The van der Waals surface area contributed by atoms with Gasteiger partial charge in [0, 0.05) is 24.9 Å². The van der Waals surface area contributed by atoms with Gasteiger partial charge in [-0.1, -0.05) is 12.8 Å². The minimum Gasteiger partial charge on any atom is -0.351 e. The number of amides is 2. The second kappa shape index (κ2) is 10.8. The highest BCUT2D eigenvalue weighted by Crippen LogP contribution is 2.44. The monoisotopic (exact) mass is 526 g/mol. The summed E-state index contributed by atoms with van der Waals surface area (Å²) in [6, 6.07) is 2.47. The number of hydrogen-bond donors (Lipinski definition) is 2. The summed E-state index contributed by atoms with van der Waals surface area (Å²) in [6.45, 7) is 3.08. The lowest BCUT2D eigenvalue weighted by Crippen LogP contribution is -2.44. The van der Waals surface area contributed by atoms with Crippen LogP contribution in [0.4, 0.5) is 22.7 Å². The standard InChI is InChI=1S/C25H30F4N4O2S/c1-16(34)31-23-32-21(15-36-23)24(7-6-20(13-24)33-8-4-2-3-5-9-33)22(35)30-14-17-10-18(25(27,28)29)12-19(26)11-17/h10-12,15,20H,2-9,13-14H2,1H3,(H,30,35)(H,31,32,34). The maximum absolute atomic E-state index is 13.9. The van der Waals surface area contributed by atoms with Gasteiger partial charge in [0.25, 0.3) is 0 Å². The van der Waals surface area contributed by atoms with Gasteiger partial charge in [0.1, 0.15) is 5.82 Å². The number of rotatable bonds is 6. The van der Waals surface area contributed by atoms with Crippen molar-refractivity contribution in [1.29, 1.82) is 0 Å². The Labute approximate surface area is 211 Å². The van der Waals surface area contributed by atoms with Crippen LogP contribution in [0.5, 0.6) is 0 Å². The van der Waals surface area contributed by atoms with Gasteiger partial charge in [-0.2, -0.15) is 13.2 Å². The molecule has 2 aliphatic rings. The van der Waals surface area contributed by atoms with Gasteiger partial charge in [0.05, 0.1) is 16.7 Å².